The Balaban J connectivity index is 1.65. The first-order valence-electron chi connectivity index (χ1n) is 8.25. The van der Waals surface area contributed by atoms with Gasteiger partial charge in [-0.2, -0.15) is 5.10 Å². The number of aromatic nitrogens is 2. The van der Waals surface area contributed by atoms with E-state index >= 15 is 0 Å². The van der Waals surface area contributed by atoms with E-state index in [1.165, 1.54) is 6.26 Å². The first-order valence-corrected chi connectivity index (χ1v) is 8.25. The molecule has 2 aromatic heterocycles. The summed E-state index contributed by atoms with van der Waals surface area (Å²) in [7, 11) is 1.85. The number of hydrogen-bond donors (Lipinski definition) is 3. The third-order valence-electron chi connectivity index (χ3n) is 3.86. The number of aryl methyl sites for hydroxylation is 3. The fourth-order valence-electron chi connectivity index (χ4n) is 2.55. The minimum Gasteiger partial charge on any atom is -0.459 e. The Kier molecular flexibility index (Phi) is 6.21. The molecule has 8 heteroatoms. The standard InChI is InChI=1S/C17H25N5O3/c1-11-6-9-25-15(11)16(23)18-7-5-8-19-17(24)20-12(2)14-10-22(4)21-13(14)3/h6,9-10,12H,5,7-8H2,1-4H3,(H,18,23)(H2,19,20,24)/t12-/m0/s1. The number of rotatable bonds is 7. The lowest BCUT2D eigenvalue weighted by Gasteiger charge is -2.14. The van der Waals surface area contributed by atoms with Gasteiger partial charge in [0.05, 0.1) is 18.0 Å². The summed E-state index contributed by atoms with van der Waals surface area (Å²) in [5.74, 6) is 0.0824. The summed E-state index contributed by atoms with van der Waals surface area (Å²) in [6.45, 7) is 6.55. The second kappa shape index (κ2) is 8.36. The van der Waals surface area contributed by atoms with Gasteiger partial charge in [-0.25, -0.2) is 4.79 Å². The maximum Gasteiger partial charge on any atom is 0.315 e. The quantitative estimate of drug-likeness (QED) is 0.665. The van der Waals surface area contributed by atoms with Crippen molar-refractivity contribution in [3.8, 4) is 0 Å². The minimum absolute atomic E-state index is 0.129. The van der Waals surface area contributed by atoms with Crippen LogP contribution in [-0.4, -0.2) is 34.8 Å². The van der Waals surface area contributed by atoms with Gasteiger partial charge in [-0.15, -0.1) is 0 Å². The molecule has 8 nitrogen and oxygen atoms in total. The highest BCUT2D eigenvalue weighted by molar-refractivity contribution is 5.92. The van der Waals surface area contributed by atoms with Gasteiger partial charge >= 0.3 is 6.03 Å². The van der Waals surface area contributed by atoms with Gasteiger partial charge in [-0.3, -0.25) is 9.48 Å². The molecule has 0 saturated carbocycles. The minimum atomic E-state index is -0.246. The molecule has 2 heterocycles. The van der Waals surface area contributed by atoms with Crippen molar-refractivity contribution in [2.45, 2.75) is 33.2 Å². The van der Waals surface area contributed by atoms with Crippen LogP contribution in [0.15, 0.2) is 22.9 Å². The fraction of sp³-hybridized carbons (Fsp3) is 0.471. The van der Waals surface area contributed by atoms with E-state index in [1.807, 2.05) is 34.0 Å². The molecule has 0 radical (unpaired) electrons. The van der Waals surface area contributed by atoms with Crippen LogP contribution in [0.2, 0.25) is 0 Å². The van der Waals surface area contributed by atoms with Crippen LogP contribution in [0.25, 0.3) is 0 Å². The lowest BCUT2D eigenvalue weighted by atomic mass is 10.1. The van der Waals surface area contributed by atoms with Crippen molar-refractivity contribution < 1.29 is 14.0 Å². The van der Waals surface area contributed by atoms with E-state index in [9.17, 15) is 9.59 Å². The summed E-state index contributed by atoms with van der Waals surface area (Å²) >= 11 is 0. The lowest BCUT2D eigenvalue weighted by molar-refractivity contribution is 0.0925. The van der Waals surface area contributed by atoms with Gasteiger partial charge in [0.15, 0.2) is 5.76 Å². The number of hydrogen-bond acceptors (Lipinski definition) is 4. The second-order valence-electron chi connectivity index (χ2n) is 6.01. The van der Waals surface area contributed by atoms with Crippen molar-refractivity contribution in [1.82, 2.24) is 25.7 Å². The van der Waals surface area contributed by atoms with Gasteiger partial charge in [-0.1, -0.05) is 0 Å². The monoisotopic (exact) mass is 347 g/mol. The number of furan rings is 1. The molecule has 25 heavy (non-hydrogen) atoms. The van der Waals surface area contributed by atoms with Gasteiger partial charge in [0.1, 0.15) is 0 Å². The zero-order chi connectivity index (χ0) is 18.4. The van der Waals surface area contributed by atoms with E-state index in [4.69, 9.17) is 4.42 Å². The molecule has 3 amide bonds. The van der Waals surface area contributed by atoms with Gasteiger partial charge in [0.2, 0.25) is 0 Å². The normalized spacial score (nSPS) is 11.8. The third kappa shape index (κ3) is 5.10. The van der Waals surface area contributed by atoms with Gasteiger partial charge in [0.25, 0.3) is 5.91 Å². The predicted molar refractivity (Wildman–Crippen MR) is 93.3 cm³/mol. The molecule has 0 fully saturated rings. The zero-order valence-corrected chi connectivity index (χ0v) is 15.0. The van der Waals surface area contributed by atoms with Crippen LogP contribution in [0.4, 0.5) is 4.79 Å². The first-order chi connectivity index (χ1) is 11.9. The van der Waals surface area contributed by atoms with Crippen LogP contribution in [-0.2, 0) is 7.05 Å². The van der Waals surface area contributed by atoms with Crippen LogP contribution in [0, 0.1) is 13.8 Å². The van der Waals surface area contributed by atoms with Crippen LogP contribution >= 0.6 is 0 Å². The zero-order valence-electron chi connectivity index (χ0n) is 15.0. The molecule has 1 atom stereocenters. The summed E-state index contributed by atoms with van der Waals surface area (Å²) in [4.78, 5) is 23.8. The van der Waals surface area contributed by atoms with Crippen molar-refractivity contribution in [2.24, 2.45) is 7.05 Å². The summed E-state index contributed by atoms with van der Waals surface area (Å²) < 4.78 is 6.85. The number of amides is 3. The highest BCUT2D eigenvalue weighted by Gasteiger charge is 2.14. The van der Waals surface area contributed by atoms with Crippen LogP contribution in [0.1, 0.15) is 46.8 Å². The molecule has 0 aromatic carbocycles. The van der Waals surface area contributed by atoms with Crippen molar-refractivity contribution >= 4 is 11.9 Å². The highest BCUT2D eigenvalue weighted by Crippen LogP contribution is 2.15. The maximum atomic E-state index is 11.9. The van der Waals surface area contributed by atoms with E-state index in [0.717, 1.165) is 16.8 Å². The van der Waals surface area contributed by atoms with Gasteiger partial charge in [-0.05, 0) is 33.3 Å². The number of nitrogens with zero attached hydrogens (tertiary/aromatic N) is 2. The van der Waals surface area contributed by atoms with Crippen molar-refractivity contribution in [3.63, 3.8) is 0 Å². The van der Waals surface area contributed by atoms with Crippen LogP contribution in [0.3, 0.4) is 0 Å². The Hall–Kier alpha value is -2.77. The fourth-order valence-corrected chi connectivity index (χ4v) is 2.55. The molecule has 3 N–H and O–H groups in total. The van der Waals surface area contributed by atoms with E-state index in [2.05, 4.69) is 21.0 Å². The van der Waals surface area contributed by atoms with Gasteiger partial charge in [0, 0.05) is 37.5 Å². The molecule has 0 aliphatic heterocycles. The Morgan fingerprint density at radius 2 is 2.00 bits per heavy atom. The number of carbonyl (C=O) groups is 2. The van der Waals surface area contributed by atoms with E-state index in [1.54, 1.807) is 10.7 Å². The summed E-state index contributed by atoms with van der Waals surface area (Å²) in [5, 5.41) is 12.7. The summed E-state index contributed by atoms with van der Waals surface area (Å²) in [6, 6.07) is 1.37. The molecule has 0 spiro atoms. The number of carbonyl (C=O) groups excluding carboxylic acids is 2. The summed E-state index contributed by atoms with van der Waals surface area (Å²) in [6.07, 6.45) is 4.01. The smallest absolute Gasteiger partial charge is 0.315 e. The Labute approximate surface area is 147 Å². The molecule has 0 aliphatic carbocycles. The summed E-state index contributed by atoms with van der Waals surface area (Å²) in [5.41, 5.74) is 2.68. The number of nitrogens with one attached hydrogen (secondary N) is 3. The van der Waals surface area contributed by atoms with Crippen molar-refractivity contribution in [2.75, 3.05) is 13.1 Å². The average molecular weight is 347 g/mol. The largest absolute Gasteiger partial charge is 0.459 e. The predicted octanol–water partition coefficient (Wildman–Crippen LogP) is 1.81. The molecule has 0 bridgehead atoms. The Morgan fingerprint density at radius 3 is 2.60 bits per heavy atom. The molecular weight excluding hydrogens is 322 g/mol. The third-order valence-corrected chi connectivity index (χ3v) is 3.86. The Morgan fingerprint density at radius 1 is 1.28 bits per heavy atom. The molecule has 136 valence electrons. The number of urea groups is 1. The van der Waals surface area contributed by atoms with Gasteiger partial charge < -0.3 is 20.4 Å². The van der Waals surface area contributed by atoms with E-state index < -0.39 is 0 Å². The first kappa shape index (κ1) is 18.6. The lowest BCUT2D eigenvalue weighted by Crippen LogP contribution is -2.38. The molecule has 0 saturated heterocycles. The highest BCUT2D eigenvalue weighted by atomic mass is 16.3. The average Bonchev–Trinajstić information content (AvgIpc) is 3.11. The molecule has 2 aromatic rings. The van der Waals surface area contributed by atoms with E-state index in [0.29, 0.717) is 25.3 Å². The second-order valence-corrected chi connectivity index (χ2v) is 6.01. The molecule has 0 aliphatic rings. The Bertz CT molecular complexity index is 734. The molecule has 2 rings (SSSR count). The molecular formula is C17H25N5O3. The topological polar surface area (TPSA) is 101 Å². The maximum absolute atomic E-state index is 11.9. The molecule has 0 unspecified atom stereocenters. The SMILES string of the molecule is Cc1ccoc1C(=O)NCCCNC(=O)N[C@@H](C)c1cn(C)nc1C. The van der Waals surface area contributed by atoms with Crippen molar-refractivity contribution in [1.29, 1.82) is 0 Å². The van der Waals surface area contributed by atoms with E-state index in [-0.39, 0.29) is 18.0 Å². The van der Waals surface area contributed by atoms with Crippen LogP contribution in [0.5, 0.6) is 0 Å². The van der Waals surface area contributed by atoms with Crippen LogP contribution < -0.4 is 16.0 Å². The van der Waals surface area contributed by atoms with Crippen molar-refractivity contribution in [3.05, 3.63) is 41.1 Å².